The maximum atomic E-state index is 13.6. The van der Waals surface area contributed by atoms with Gasteiger partial charge in [-0.3, -0.25) is 14.4 Å². The Morgan fingerprint density at radius 3 is 2.29 bits per heavy atom. The number of fused-ring (bicyclic) bond motifs is 1. The van der Waals surface area contributed by atoms with E-state index < -0.39 is 24.0 Å². The first-order chi connectivity index (χ1) is 15.0. The van der Waals surface area contributed by atoms with Gasteiger partial charge in [0.05, 0.1) is 17.4 Å². The second-order valence-corrected chi connectivity index (χ2v) is 9.07. The predicted molar refractivity (Wildman–Crippen MR) is 123 cm³/mol. The number of carbonyl (C=O) groups excluding carboxylic acids is 2. The number of halogens is 3. The molecule has 2 aliphatic heterocycles. The molecule has 2 aliphatic rings. The van der Waals surface area contributed by atoms with Crippen LogP contribution in [0.15, 0.2) is 77.3 Å². The Morgan fingerprint density at radius 2 is 1.58 bits per heavy atom. The second kappa shape index (κ2) is 7.95. The molecule has 2 fully saturated rings. The van der Waals surface area contributed by atoms with Gasteiger partial charge in [0, 0.05) is 14.5 Å². The number of hydroxylamine groups is 1. The van der Waals surface area contributed by atoms with Crippen molar-refractivity contribution in [1.82, 2.24) is 0 Å². The predicted octanol–water partition coefficient (Wildman–Crippen LogP) is 5.81. The number of rotatable bonds is 3. The quantitative estimate of drug-likeness (QED) is 0.411. The van der Waals surface area contributed by atoms with Crippen molar-refractivity contribution in [3.8, 4) is 0 Å². The first-order valence-corrected chi connectivity index (χ1v) is 11.1. The van der Waals surface area contributed by atoms with E-state index in [9.17, 15) is 9.59 Å². The van der Waals surface area contributed by atoms with Gasteiger partial charge in [0.15, 0.2) is 6.10 Å². The van der Waals surface area contributed by atoms with E-state index in [2.05, 4.69) is 15.9 Å². The average Bonchev–Trinajstić information content (AvgIpc) is 3.25. The molecule has 2 saturated heterocycles. The maximum Gasteiger partial charge on any atom is 0.266 e. The molecule has 0 unspecified atom stereocenters. The molecule has 8 heteroatoms. The summed E-state index contributed by atoms with van der Waals surface area (Å²) < 4.78 is 0.770. The van der Waals surface area contributed by atoms with Gasteiger partial charge in [-0.1, -0.05) is 69.5 Å². The van der Waals surface area contributed by atoms with Gasteiger partial charge in [-0.25, -0.2) is 9.96 Å². The number of amides is 2. The topological polar surface area (TPSA) is 49.9 Å². The van der Waals surface area contributed by atoms with Gasteiger partial charge in [-0.2, -0.15) is 0 Å². The van der Waals surface area contributed by atoms with E-state index in [0.29, 0.717) is 21.3 Å². The highest BCUT2D eigenvalue weighted by molar-refractivity contribution is 9.10. The largest absolute Gasteiger partial charge is 0.273 e. The second-order valence-electron chi connectivity index (χ2n) is 7.32. The number of hydrogen-bond donors (Lipinski definition) is 0. The van der Waals surface area contributed by atoms with E-state index in [0.717, 1.165) is 10.2 Å². The Bertz CT molecular complexity index is 1190. The zero-order valence-corrected chi connectivity index (χ0v) is 19.0. The number of anilines is 2. The zero-order chi connectivity index (χ0) is 21.7. The summed E-state index contributed by atoms with van der Waals surface area (Å²) in [4.78, 5) is 34.1. The van der Waals surface area contributed by atoms with Crippen LogP contribution in [0.2, 0.25) is 10.0 Å². The summed E-state index contributed by atoms with van der Waals surface area (Å²) >= 11 is 16.0. The molecule has 0 aliphatic carbocycles. The average molecular weight is 518 g/mol. The summed E-state index contributed by atoms with van der Waals surface area (Å²) in [7, 11) is 0. The van der Waals surface area contributed by atoms with Crippen molar-refractivity contribution < 1.29 is 14.4 Å². The number of imide groups is 1. The minimum absolute atomic E-state index is 0.331. The molecule has 0 spiro atoms. The van der Waals surface area contributed by atoms with Crippen LogP contribution in [0.25, 0.3) is 0 Å². The lowest BCUT2D eigenvalue weighted by Crippen LogP contribution is -2.37. The lowest BCUT2D eigenvalue weighted by atomic mass is 9.90. The Balaban J connectivity index is 1.62. The molecule has 2 amide bonds. The Labute approximate surface area is 197 Å². The van der Waals surface area contributed by atoms with Gasteiger partial charge in [-0.05, 0) is 48.0 Å². The molecular formula is C23H15BrCl2N2O3. The number of para-hydroxylation sites is 1. The van der Waals surface area contributed by atoms with Gasteiger partial charge in [-0.15, -0.1) is 0 Å². The van der Waals surface area contributed by atoms with Crippen LogP contribution in [0.5, 0.6) is 0 Å². The van der Waals surface area contributed by atoms with Gasteiger partial charge in [0.25, 0.3) is 5.91 Å². The van der Waals surface area contributed by atoms with E-state index in [4.69, 9.17) is 28.0 Å². The SMILES string of the molecule is O=C1[C@H]2[C@@H](c3ccc(Cl)cc3Cl)N(c3ccccc3)O[C@H]2C(=O)N1c1cccc(Br)c1. The fourth-order valence-electron chi connectivity index (χ4n) is 4.14. The molecule has 2 heterocycles. The smallest absolute Gasteiger partial charge is 0.266 e. The Hall–Kier alpha value is -2.38. The molecule has 156 valence electrons. The molecule has 0 saturated carbocycles. The Morgan fingerprint density at radius 1 is 0.839 bits per heavy atom. The van der Waals surface area contributed by atoms with Crippen LogP contribution in [0.1, 0.15) is 11.6 Å². The maximum absolute atomic E-state index is 13.6. The summed E-state index contributed by atoms with van der Waals surface area (Å²) in [5.41, 5.74) is 1.89. The van der Waals surface area contributed by atoms with Crippen molar-refractivity contribution in [3.63, 3.8) is 0 Å². The van der Waals surface area contributed by atoms with Crippen LogP contribution < -0.4 is 9.96 Å². The third kappa shape index (κ3) is 3.44. The first-order valence-electron chi connectivity index (χ1n) is 9.55. The molecule has 0 aromatic heterocycles. The van der Waals surface area contributed by atoms with E-state index in [1.165, 1.54) is 4.90 Å². The van der Waals surface area contributed by atoms with Crippen molar-refractivity contribution in [1.29, 1.82) is 0 Å². The molecule has 3 aromatic carbocycles. The normalized spacial score (nSPS) is 22.9. The van der Waals surface area contributed by atoms with Crippen LogP contribution in [0.3, 0.4) is 0 Å². The fourth-order valence-corrected chi connectivity index (χ4v) is 5.05. The van der Waals surface area contributed by atoms with Gasteiger partial charge >= 0.3 is 0 Å². The molecule has 0 radical (unpaired) electrons. The van der Waals surface area contributed by atoms with Crippen LogP contribution in [-0.2, 0) is 14.4 Å². The highest BCUT2D eigenvalue weighted by Crippen LogP contribution is 2.49. The Kier molecular flexibility index (Phi) is 5.26. The van der Waals surface area contributed by atoms with Crippen molar-refractivity contribution in [3.05, 3.63) is 92.9 Å². The van der Waals surface area contributed by atoms with E-state index >= 15 is 0 Å². The highest BCUT2D eigenvalue weighted by Gasteiger charge is 2.60. The van der Waals surface area contributed by atoms with Crippen molar-refractivity contribution >= 4 is 62.3 Å². The number of carbonyl (C=O) groups is 2. The van der Waals surface area contributed by atoms with Crippen molar-refractivity contribution in [2.75, 3.05) is 9.96 Å². The molecule has 5 nitrogen and oxygen atoms in total. The molecule has 0 bridgehead atoms. The molecule has 5 rings (SSSR count). The minimum Gasteiger partial charge on any atom is -0.273 e. The molecule has 0 N–H and O–H groups in total. The van der Waals surface area contributed by atoms with E-state index in [-0.39, 0.29) is 5.91 Å². The lowest BCUT2D eigenvalue weighted by molar-refractivity contribution is -0.126. The van der Waals surface area contributed by atoms with Crippen LogP contribution >= 0.6 is 39.1 Å². The summed E-state index contributed by atoms with van der Waals surface area (Å²) in [5, 5.41) is 2.50. The number of hydrogen-bond acceptors (Lipinski definition) is 4. The van der Waals surface area contributed by atoms with Crippen LogP contribution in [0.4, 0.5) is 11.4 Å². The number of benzene rings is 3. The van der Waals surface area contributed by atoms with E-state index in [1.807, 2.05) is 36.4 Å². The third-order valence-corrected chi connectivity index (χ3v) is 6.53. The summed E-state index contributed by atoms with van der Waals surface area (Å²) in [6.45, 7) is 0. The van der Waals surface area contributed by atoms with Gasteiger partial charge < -0.3 is 0 Å². The van der Waals surface area contributed by atoms with Crippen molar-refractivity contribution in [2.24, 2.45) is 5.92 Å². The van der Waals surface area contributed by atoms with Crippen LogP contribution in [0, 0.1) is 5.92 Å². The zero-order valence-electron chi connectivity index (χ0n) is 15.9. The standard InChI is InChI=1S/C23H15BrCl2N2O3/c24-13-5-4-8-16(11-13)27-22(29)19-20(17-10-9-14(25)12-18(17)26)28(31-21(19)23(27)30)15-6-2-1-3-7-15/h1-12,19-21H/t19-,20+,21+/m0/s1. The highest BCUT2D eigenvalue weighted by atomic mass is 79.9. The first kappa shape index (κ1) is 20.5. The molecule has 31 heavy (non-hydrogen) atoms. The minimum atomic E-state index is -0.955. The van der Waals surface area contributed by atoms with Crippen LogP contribution in [-0.4, -0.2) is 17.9 Å². The molecule has 3 atom stereocenters. The number of nitrogens with zero attached hydrogens (tertiary/aromatic N) is 2. The summed E-state index contributed by atoms with van der Waals surface area (Å²) in [6, 6.07) is 20.9. The van der Waals surface area contributed by atoms with Gasteiger partial charge in [0.1, 0.15) is 5.92 Å². The van der Waals surface area contributed by atoms with Crippen molar-refractivity contribution in [2.45, 2.75) is 12.1 Å². The molecule has 3 aromatic rings. The summed E-state index contributed by atoms with van der Waals surface area (Å²) in [5.74, 6) is -1.49. The van der Waals surface area contributed by atoms with E-state index in [1.54, 1.807) is 41.5 Å². The third-order valence-electron chi connectivity index (χ3n) is 5.47. The monoisotopic (exact) mass is 516 g/mol. The molecular weight excluding hydrogens is 503 g/mol. The van der Waals surface area contributed by atoms with Gasteiger partial charge in [0.2, 0.25) is 5.91 Å². The lowest BCUT2D eigenvalue weighted by Gasteiger charge is -2.29. The summed E-state index contributed by atoms with van der Waals surface area (Å²) in [6.07, 6.45) is -0.955. The fraction of sp³-hybridized carbons (Fsp3) is 0.130.